The number of hydrogen-bond donors (Lipinski definition) is 1. The number of methoxy groups -OCH3 is 1. The van der Waals surface area contributed by atoms with Gasteiger partial charge in [-0.15, -0.1) is 0 Å². The average molecular weight is 341 g/mol. The summed E-state index contributed by atoms with van der Waals surface area (Å²) in [5.41, 5.74) is 1.05. The first-order valence-electron chi connectivity index (χ1n) is 8.06. The van der Waals surface area contributed by atoms with Gasteiger partial charge < -0.3 is 4.74 Å². The van der Waals surface area contributed by atoms with E-state index in [1.54, 1.807) is 24.3 Å². The van der Waals surface area contributed by atoms with Crippen LogP contribution in [0.15, 0.2) is 24.3 Å². The maximum Gasteiger partial charge on any atom is 0.337 e. The van der Waals surface area contributed by atoms with Crippen LogP contribution in [0.4, 0.5) is 0 Å². The smallest absolute Gasteiger partial charge is 0.337 e. The zero-order chi connectivity index (χ0) is 17.3. The van der Waals surface area contributed by atoms with E-state index in [0.29, 0.717) is 23.6 Å². The third-order valence-electron chi connectivity index (χ3n) is 3.87. The molecule has 0 unspecified atom stereocenters. The first-order valence-corrected chi connectivity index (χ1v) is 9.71. The second-order valence-corrected chi connectivity index (χ2v) is 7.52. The molecule has 0 aliphatic heterocycles. The molecule has 0 amide bonds. The first kappa shape index (κ1) is 19.6. The van der Waals surface area contributed by atoms with Crippen molar-refractivity contribution in [1.29, 1.82) is 0 Å². The van der Waals surface area contributed by atoms with Gasteiger partial charge in [0.25, 0.3) is 0 Å². The highest BCUT2D eigenvalue weighted by Gasteiger charge is 2.15. The summed E-state index contributed by atoms with van der Waals surface area (Å²) in [6, 6.07) is 6.43. The van der Waals surface area contributed by atoms with Gasteiger partial charge in [-0.1, -0.05) is 45.2 Å². The second kappa shape index (κ2) is 9.67. The van der Waals surface area contributed by atoms with Crippen LogP contribution in [0.2, 0.25) is 0 Å². The molecule has 5 nitrogen and oxygen atoms in total. The summed E-state index contributed by atoms with van der Waals surface area (Å²) < 4.78 is 31.6. The van der Waals surface area contributed by atoms with Crippen molar-refractivity contribution in [3.05, 3.63) is 35.4 Å². The van der Waals surface area contributed by atoms with Crippen molar-refractivity contribution in [3.8, 4) is 0 Å². The van der Waals surface area contributed by atoms with Crippen LogP contribution in [0.1, 0.15) is 55.5 Å². The van der Waals surface area contributed by atoms with Crippen molar-refractivity contribution < 1.29 is 17.9 Å². The molecule has 0 spiro atoms. The largest absolute Gasteiger partial charge is 0.465 e. The molecule has 1 aromatic rings. The molecule has 0 fully saturated rings. The summed E-state index contributed by atoms with van der Waals surface area (Å²) in [7, 11) is -2.06. The summed E-state index contributed by atoms with van der Waals surface area (Å²) in [4.78, 5) is 11.4. The molecule has 130 valence electrons. The standard InChI is InChI=1S/C17H27NO4S/c1-4-6-7-14(5-2)12-18-23(20,21)13-15-8-10-16(11-9-15)17(19)22-3/h8-11,14,18H,4-7,12-13H2,1-3H3/t14-/m1/s1. The van der Waals surface area contributed by atoms with E-state index in [4.69, 9.17) is 0 Å². The van der Waals surface area contributed by atoms with Crippen molar-refractivity contribution in [1.82, 2.24) is 4.72 Å². The van der Waals surface area contributed by atoms with Crippen LogP contribution in [0.25, 0.3) is 0 Å². The molecule has 0 radical (unpaired) electrons. The third kappa shape index (κ3) is 7.14. The summed E-state index contributed by atoms with van der Waals surface area (Å²) in [6.07, 6.45) is 4.25. The van der Waals surface area contributed by atoms with Gasteiger partial charge in [-0.25, -0.2) is 17.9 Å². The van der Waals surface area contributed by atoms with Crippen LogP contribution in [0, 0.1) is 5.92 Å². The normalized spacial score (nSPS) is 12.8. The van der Waals surface area contributed by atoms with E-state index in [1.165, 1.54) is 7.11 Å². The van der Waals surface area contributed by atoms with Crippen molar-refractivity contribution in [2.24, 2.45) is 5.92 Å². The minimum absolute atomic E-state index is 0.0847. The number of benzene rings is 1. The molecule has 1 aromatic carbocycles. The maximum atomic E-state index is 12.2. The quantitative estimate of drug-likeness (QED) is 0.664. The lowest BCUT2D eigenvalue weighted by Crippen LogP contribution is -2.30. The summed E-state index contributed by atoms with van der Waals surface area (Å²) in [6.45, 7) is 4.70. The molecule has 0 saturated heterocycles. The predicted octanol–water partition coefficient (Wildman–Crippen LogP) is 3.11. The predicted molar refractivity (Wildman–Crippen MR) is 91.7 cm³/mol. The van der Waals surface area contributed by atoms with E-state index in [9.17, 15) is 13.2 Å². The van der Waals surface area contributed by atoms with Gasteiger partial charge in [0.15, 0.2) is 0 Å². The number of sulfonamides is 1. The molecule has 0 bridgehead atoms. The van der Waals surface area contributed by atoms with E-state index < -0.39 is 16.0 Å². The van der Waals surface area contributed by atoms with Crippen LogP contribution < -0.4 is 4.72 Å². The van der Waals surface area contributed by atoms with E-state index in [1.807, 2.05) is 0 Å². The van der Waals surface area contributed by atoms with Crippen LogP contribution in [-0.2, 0) is 20.5 Å². The SMILES string of the molecule is CCCC[C@@H](CC)CNS(=O)(=O)Cc1ccc(C(=O)OC)cc1. The van der Waals surface area contributed by atoms with Gasteiger partial charge in [-0.2, -0.15) is 0 Å². The van der Waals surface area contributed by atoms with Gasteiger partial charge >= 0.3 is 5.97 Å². The first-order chi connectivity index (χ1) is 10.9. The molecule has 1 atom stereocenters. The highest BCUT2D eigenvalue weighted by atomic mass is 32.2. The topological polar surface area (TPSA) is 72.5 Å². The Kier molecular flexibility index (Phi) is 8.26. The van der Waals surface area contributed by atoms with E-state index in [0.717, 1.165) is 25.7 Å². The van der Waals surface area contributed by atoms with Crippen LogP contribution >= 0.6 is 0 Å². The molecule has 0 saturated carbocycles. The van der Waals surface area contributed by atoms with E-state index in [-0.39, 0.29) is 5.75 Å². The van der Waals surface area contributed by atoms with Gasteiger partial charge in [0.2, 0.25) is 10.0 Å². The molecule has 0 aromatic heterocycles. The highest BCUT2D eigenvalue weighted by molar-refractivity contribution is 7.88. The number of rotatable bonds is 10. The van der Waals surface area contributed by atoms with Gasteiger partial charge in [-0.3, -0.25) is 0 Å². The number of nitrogens with one attached hydrogen (secondary N) is 1. The van der Waals surface area contributed by atoms with Crippen LogP contribution in [0.5, 0.6) is 0 Å². The Morgan fingerprint density at radius 2 is 1.87 bits per heavy atom. The Bertz CT molecular complexity index is 581. The lowest BCUT2D eigenvalue weighted by molar-refractivity contribution is 0.0600. The van der Waals surface area contributed by atoms with Crippen molar-refractivity contribution >= 4 is 16.0 Å². The highest BCUT2D eigenvalue weighted by Crippen LogP contribution is 2.13. The Labute approximate surface area is 139 Å². The molecule has 0 aliphatic rings. The molecule has 23 heavy (non-hydrogen) atoms. The average Bonchev–Trinajstić information content (AvgIpc) is 2.54. The van der Waals surface area contributed by atoms with Gasteiger partial charge in [0.1, 0.15) is 0 Å². The van der Waals surface area contributed by atoms with E-state index >= 15 is 0 Å². The second-order valence-electron chi connectivity index (χ2n) is 5.71. The lowest BCUT2D eigenvalue weighted by atomic mass is 10.00. The monoisotopic (exact) mass is 341 g/mol. The molecule has 6 heteroatoms. The number of unbranched alkanes of at least 4 members (excludes halogenated alkanes) is 1. The summed E-state index contributed by atoms with van der Waals surface area (Å²) in [5.74, 6) is -0.135. The molecule has 1 N–H and O–H groups in total. The lowest BCUT2D eigenvalue weighted by Gasteiger charge is -2.15. The van der Waals surface area contributed by atoms with Gasteiger partial charge in [0, 0.05) is 6.54 Å². The fraction of sp³-hybridized carbons (Fsp3) is 0.588. The van der Waals surface area contributed by atoms with Crippen molar-refractivity contribution in [2.75, 3.05) is 13.7 Å². The number of ether oxygens (including phenoxy) is 1. The molecular formula is C17H27NO4S. The molecule has 0 aliphatic carbocycles. The zero-order valence-electron chi connectivity index (χ0n) is 14.2. The van der Waals surface area contributed by atoms with E-state index in [2.05, 4.69) is 23.3 Å². The van der Waals surface area contributed by atoms with Crippen LogP contribution in [0.3, 0.4) is 0 Å². The maximum absolute atomic E-state index is 12.2. The minimum atomic E-state index is -3.37. The minimum Gasteiger partial charge on any atom is -0.465 e. The Balaban J connectivity index is 2.59. The van der Waals surface area contributed by atoms with Gasteiger partial charge in [0.05, 0.1) is 18.4 Å². The fourth-order valence-electron chi connectivity index (χ4n) is 2.31. The Morgan fingerprint density at radius 1 is 1.22 bits per heavy atom. The Hall–Kier alpha value is -1.40. The Morgan fingerprint density at radius 3 is 2.39 bits per heavy atom. The van der Waals surface area contributed by atoms with Crippen molar-refractivity contribution in [2.45, 2.75) is 45.3 Å². The third-order valence-corrected chi connectivity index (χ3v) is 5.19. The number of hydrogen-bond acceptors (Lipinski definition) is 4. The van der Waals surface area contributed by atoms with Crippen LogP contribution in [-0.4, -0.2) is 28.0 Å². The number of carbonyl (C=O) groups excluding carboxylic acids is 1. The van der Waals surface area contributed by atoms with Crippen molar-refractivity contribution in [3.63, 3.8) is 0 Å². The molecule has 1 rings (SSSR count). The summed E-state index contributed by atoms with van der Waals surface area (Å²) >= 11 is 0. The van der Waals surface area contributed by atoms with Gasteiger partial charge in [-0.05, 0) is 30.0 Å². The number of esters is 1. The molecule has 0 heterocycles. The fourth-order valence-corrected chi connectivity index (χ4v) is 3.54. The number of carbonyl (C=O) groups is 1. The summed E-state index contributed by atoms with van der Waals surface area (Å²) in [5, 5.41) is 0. The molecular weight excluding hydrogens is 314 g/mol. The zero-order valence-corrected chi connectivity index (χ0v) is 15.0.